The number of hydrogen-bond acceptors (Lipinski definition) is 5. The van der Waals surface area contributed by atoms with Gasteiger partial charge in [-0.05, 0) is 25.1 Å². The van der Waals surface area contributed by atoms with Gasteiger partial charge in [0, 0.05) is 25.3 Å². The van der Waals surface area contributed by atoms with Crippen LogP contribution in [0.15, 0.2) is 29.2 Å². The van der Waals surface area contributed by atoms with Crippen LogP contribution in [0.25, 0.3) is 0 Å². The topological polar surface area (TPSA) is 93.7 Å². The van der Waals surface area contributed by atoms with Crippen molar-refractivity contribution < 1.29 is 35.9 Å². The van der Waals surface area contributed by atoms with Crippen molar-refractivity contribution in [1.82, 2.24) is 10.0 Å². The van der Waals surface area contributed by atoms with E-state index in [1.165, 1.54) is 38.3 Å². The third-order valence-electron chi connectivity index (χ3n) is 3.02. The molecule has 11 heteroatoms. The summed E-state index contributed by atoms with van der Waals surface area (Å²) in [7, 11) is -2.38. The van der Waals surface area contributed by atoms with E-state index in [1.807, 2.05) is 0 Å². The first-order valence-electron chi connectivity index (χ1n) is 7.59. The van der Waals surface area contributed by atoms with Crippen LogP contribution >= 0.6 is 0 Å². The second-order valence-electron chi connectivity index (χ2n) is 5.42. The zero-order valence-corrected chi connectivity index (χ0v) is 15.1. The molecule has 1 rings (SSSR count). The average molecular weight is 398 g/mol. The quantitative estimate of drug-likeness (QED) is 0.580. The molecule has 0 aromatic heterocycles. The zero-order valence-electron chi connectivity index (χ0n) is 14.3. The summed E-state index contributed by atoms with van der Waals surface area (Å²) in [5.41, 5.74) is 0.0577. The summed E-state index contributed by atoms with van der Waals surface area (Å²) in [4.78, 5) is 12.0. The normalized spacial score (nSPS) is 13.4. The fraction of sp³-hybridized carbons (Fsp3) is 0.533. The molecule has 1 unspecified atom stereocenters. The molecule has 0 heterocycles. The number of hydrogen-bond donors (Lipinski definition) is 2. The zero-order chi connectivity index (χ0) is 19.8. The Labute approximate surface area is 149 Å². The van der Waals surface area contributed by atoms with E-state index in [1.54, 1.807) is 0 Å². The minimum Gasteiger partial charge on any atom is -0.383 e. The number of benzene rings is 1. The molecular formula is C15H21F3N2O5S. The van der Waals surface area contributed by atoms with Crippen LogP contribution in [-0.4, -0.2) is 60.0 Å². The van der Waals surface area contributed by atoms with Crippen LogP contribution < -0.4 is 10.0 Å². The van der Waals surface area contributed by atoms with E-state index in [0.717, 1.165) is 0 Å². The number of sulfonamides is 1. The van der Waals surface area contributed by atoms with E-state index in [0.29, 0.717) is 0 Å². The van der Waals surface area contributed by atoms with Crippen molar-refractivity contribution in [3.8, 4) is 0 Å². The van der Waals surface area contributed by atoms with Gasteiger partial charge in [0.15, 0.2) is 0 Å². The highest BCUT2D eigenvalue weighted by molar-refractivity contribution is 7.89. The summed E-state index contributed by atoms with van der Waals surface area (Å²) in [6.45, 7) is -0.00521. The molecule has 1 amide bonds. The Kier molecular flexibility index (Phi) is 8.47. The molecule has 0 bridgehead atoms. The lowest BCUT2D eigenvalue weighted by Gasteiger charge is -2.15. The smallest absolute Gasteiger partial charge is 0.383 e. The standard InChI is InChI=1S/C15H21F3N2O5S/c1-11(9-25-10-15(16,17)18)20-14(21)12-4-3-5-13(8-12)26(22,23)19-6-7-24-2/h3-5,8,11,19H,6-7,9-10H2,1-2H3,(H,20,21). The third-order valence-corrected chi connectivity index (χ3v) is 4.47. The summed E-state index contributed by atoms with van der Waals surface area (Å²) >= 11 is 0. The van der Waals surface area contributed by atoms with E-state index in [4.69, 9.17) is 4.74 Å². The molecule has 0 aliphatic heterocycles. The lowest BCUT2D eigenvalue weighted by Crippen LogP contribution is -2.37. The summed E-state index contributed by atoms with van der Waals surface area (Å²) in [6.07, 6.45) is -4.44. The number of ether oxygens (including phenoxy) is 2. The van der Waals surface area contributed by atoms with Crippen LogP contribution in [0.5, 0.6) is 0 Å². The van der Waals surface area contributed by atoms with Crippen LogP contribution in [0.4, 0.5) is 13.2 Å². The number of alkyl halides is 3. The number of halogens is 3. The lowest BCUT2D eigenvalue weighted by atomic mass is 10.2. The van der Waals surface area contributed by atoms with E-state index >= 15 is 0 Å². The molecule has 0 aliphatic rings. The Morgan fingerprint density at radius 2 is 2.00 bits per heavy atom. The summed E-state index contributed by atoms with van der Waals surface area (Å²) in [6, 6.07) is 4.59. The molecular weight excluding hydrogens is 377 g/mol. The second-order valence-corrected chi connectivity index (χ2v) is 7.19. The predicted octanol–water partition coefficient (Wildman–Crippen LogP) is 1.31. The van der Waals surface area contributed by atoms with Gasteiger partial charge in [-0.3, -0.25) is 4.79 Å². The molecule has 0 saturated heterocycles. The molecule has 148 valence electrons. The van der Waals surface area contributed by atoms with Gasteiger partial charge >= 0.3 is 6.18 Å². The minimum absolute atomic E-state index is 0.0577. The molecule has 1 aromatic rings. The summed E-state index contributed by atoms with van der Waals surface area (Å²) in [5, 5.41) is 2.45. The van der Waals surface area contributed by atoms with E-state index in [9.17, 15) is 26.4 Å². The highest BCUT2D eigenvalue weighted by Crippen LogP contribution is 2.15. The number of methoxy groups -OCH3 is 1. The van der Waals surface area contributed by atoms with Crippen molar-refractivity contribution in [2.75, 3.05) is 33.5 Å². The Morgan fingerprint density at radius 3 is 2.62 bits per heavy atom. The van der Waals surface area contributed by atoms with Gasteiger partial charge in [-0.15, -0.1) is 0 Å². The van der Waals surface area contributed by atoms with Crippen LogP contribution in [0, 0.1) is 0 Å². The maximum Gasteiger partial charge on any atom is 0.411 e. The SMILES string of the molecule is COCCNS(=O)(=O)c1cccc(C(=O)NC(C)COCC(F)(F)F)c1. The fourth-order valence-electron chi connectivity index (χ4n) is 1.87. The van der Waals surface area contributed by atoms with Crippen molar-refractivity contribution in [1.29, 1.82) is 0 Å². The monoisotopic (exact) mass is 398 g/mol. The van der Waals surface area contributed by atoms with Crippen molar-refractivity contribution in [3.63, 3.8) is 0 Å². The van der Waals surface area contributed by atoms with Gasteiger partial charge in [-0.2, -0.15) is 13.2 Å². The van der Waals surface area contributed by atoms with E-state index in [-0.39, 0.29) is 30.2 Å². The number of carbonyl (C=O) groups excluding carboxylic acids is 1. The van der Waals surface area contributed by atoms with Crippen LogP contribution in [-0.2, 0) is 19.5 Å². The van der Waals surface area contributed by atoms with Gasteiger partial charge in [0.1, 0.15) is 6.61 Å². The summed E-state index contributed by atoms with van der Waals surface area (Å²) in [5.74, 6) is -0.623. The average Bonchev–Trinajstić information content (AvgIpc) is 2.54. The maximum atomic E-state index is 12.1. The number of rotatable bonds is 10. The van der Waals surface area contributed by atoms with E-state index < -0.39 is 34.8 Å². The van der Waals surface area contributed by atoms with Crippen molar-refractivity contribution in [2.24, 2.45) is 0 Å². The first-order chi connectivity index (χ1) is 12.0. The molecule has 7 nitrogen and oxygen atoms in total. The summed E-state index contributed by atoms with van der Waals surface area (Å²) < 4.78 is 71.8. The molecule has 0 saturated carbocycles. The molecule has 26 heavy (non-hydrogen) atoms. The Bertz CT molecular complexity index is 695. The first kappa shape index (κ1) is 22.4. The van der Waals surface area contributed by atoms with Gasteiger partial charge in [0.25, 0.3) is 5.91 Å². The largest absolute Gasteiger partial charge is 0.411 e. The predicted molar refractivity (Wildman–Crippen MR) is 87.3 cm³/mol. The maximum absolute atomic E-state index is 12.1. The van der Waals surface area contributed by atoms with Crippen molar-refractivity contribution in [3.05, 3.63) is 29.8 Å². The van der Waals surface area contributed by atoms with Crippen molar-refractivity contribution >= 4 is 15.9 Å². The van der Waals surface area contributed by atoms with Crippen LogP contribution in [0.1, 0.15) is 17.3 Å². The van der Waals surface area contributed by atoms with Gasteiger partial charge in [0.2, 0.25) is 10.0 Å². The van der Waals surface area contributed by atoms with E-state index in [2.05, 4.69) is 14.8 Å². The number of amides is 1. The Hall–Kier alpha value is -1.69. The van der Waals surface area contributed by atoms with Crippen molar-refractivity contribution in [2.45, 2.75) is 24.0 Å². The first-order valence-corrected chi connectivity index (χ1v) is 9.07. The molecule has 1 atom stereocenters. The van der Waals surface area contributed by atoms with Gasteiger partial charge in [0.05, 0.1) is 18.1 Å². The molecule has 0 aliphatic carbocycles. The second kappa shape index (κ2) is 9.86. The lowest BCUT2D eigenvalue weighted by molar-refractivity contribution is -0.174. The highest BCUT2D eigenvalue weighted by atomic mass is 32.2. The Morgan fingerprint density at radius 1 is 1.31 bits per heavy atom. The molecule has 0 spiro atoms. The Balaban J connectivity index is 2.67. The van der Waals surface area contributed by atoms with Crippen LogP contribution in [0.3, 0.4) is 0 Å². The molecule has 2 N–H and O–H groups in total. The third kappa shape index (κ3) is 8.13. The molecule has 0 radical (unpaired) electrons. The fourth-order valence-corrected chi connectivity index (χ4v) is 2.92. The molecule has 1 aromatic carbocycles. The highest BCUT2D eigenvalue weighted by Gasteiger charge is 2.27. The van der Waals surface area contributed by atoms with Crippen LogP contribution in [0.2, 0.25) is 0 Å². The molecule has 0 fully saturated rings. The van der Waals surface area contributed by atoms with Gasteiger partial charge in [-0.1, -0.05) is 6.07 Å². The minimum atomic E-state index is -4.44. The number of nitrogens with one attached hydrogen (secondary N) is 2. The number of carbonyl (C=O) groups is 1. The van der Waals surface area contributed by atoms with Gasteiger partial charge in [-0.25, -0.2) is 13.1 Å². The van der Waals surface area contributed by atoms with Gasteiger partial charge < -0.3 is 14.8 Å².